The van der Waals surface area contributed by atoms with E-state index in [1.165, 1.54) is 21.2 Å². The summed E-state index contributed by atoms with van der Waals surface area (Å²) in [7, 11) is -3.11. The third-order valence-electron chi connectivity index (χ3n) is 11.5. The molecule has 0 radical (unpaired) electrons. The van der Waals surface area contributed by atoms with Gasteiger partial charge < -0.3 is 10.6 Å². The molecule has 7 heteroatoms. The first-order valence-electron chi connectivity index (χ1n) is 20.3. The Morgan fingerprint density at radius 1 is 0.390 bits per heavy atom. The number of benzene rings is 8. The average Bonchev–Trinajstić information content (AvgIpc) is 3.28. The van der Waals surface area contributed by atoms with Crippen LogP contribution in [0.15, 0.2) is 194 Å². The first-order valence-corrected chi connectivity index (χ1v) is 23.3. The second-order valence-electron chi connectivity index (χ2n) is 15.1. The van der Waals surface area contributed by atoms with E-state index in [0.29, 0.717) is 0 Å². The van der Waals surface area contributed by atoms with Crippen molar-refractivity contribution in [3.63, 3.8) is 0 Å². The number of fused-ring (bicyclic) bond motifs is 2. The fraction of sp³-hybridized carbons (Fsp3) is 0.115. The van der Waals surface area contributed by atoms with Crippen LogP contribution in [0.25, 0.3) is 21.5 Å². The summed E-state index contributed by atoms with van der Waals surface area (Å²) < 4.78 is 0. The van der Waals surface area contributed by atoms with Gasteiger partial charge in [-0.3, -0.25) is 9.59 Å². The topological polar surface area (TPSA) is 58.2 Å². The predicted molar refractivity (Wildman–Crippen MR) is 249 cm³/mol. The molecule has 0 spiro atoms. The Bertz CT molecular complexity index is 2430. The van der Waals surface area contributed by atoms with Gasteiger partial charge in [-0.1, -0.05) is 146 Å². The zero-order chi connectivity index (χ0) is 39.3. The van der Waals surface area contributed by atoms with E-state index >= 15 is 9.59 Å². The Hall–Kier alpha value is -5.26. The molecule has 0 heterocycles. The Labute approximate surface area is 362 Å². The van der Waals surface area contributed by atoms with Gasteiger partial charge in [0.05, 0.1) is 27.0 Å². The van der Waals surface area contributed by atoms with Crippen LogP contribution in [-0.2, 0) is 20.4 Å². The van der Waals surface area contributed by atoms with E-state index in [-0.39, 0.29) is 44.3 Å². The number of nitrogens with one attached hydrogen (secondary N) is 2. The van der Waals surface area contributed by atoms with E-state index in [0.717, 1.165) is 69.0 Å². The Balaban J connectivity index is 0.00000484. The molecule has 0 aromatic heterocycles. The summed E-state index contributed by atoms with van der Waals surface area (Å²) in [4.78, 5) is 30.1. The average molecular weight is 899 g/mol. The van der Waals surface area contributed by atoms with Crippen molar-refractivity contribution in [2.45, 2.75) is 37.8 Å². The largest absolute Gasteiger partial charge is 0.347 e. The van der Waals surface area contributed by atoms with Gasteiger partial charge in [0.25, 0.3) is 11.8 Å². The molecular weight excluding hydrogens is 853 g/mol. The monoisotopic (exact) mass is 898 g/mol. The maximum Gasteiger partial charge on any atom is 0.256 e. The van der Waals surface area contributed by atoms with Crippen molar-refractivity contribution >= 4 is 81.0 Å². The maximum absolute atomic E-state index is 15.0. The van der Waals surface area contributed by atoms with E-state index in [9.17, 15) is 0 Å². The molecule has 0 aliphatic heterocycles. The van der Waals surface area contributed by atoms with Gasteiger partial charge >= 0.3 is 0 Å². The minimum Gasteiger partial charge on any atom is -0.347 e. The van der Waals surface area contributed by atoms with Crippen LogP contribution >= 0.6 is 15.8 Å². The fourth-order valence-corrected chi connectivity index (χ4v) is 14.3. The van der Waals surface area contributed by atoms with E-state index in [2.05, 4.69) is 156 Å². The summed E-state index contributed by atoms with van der Waals surface area (Å²) in [6, 6.07) is 67.0. The standard InChI is InChI=1S/C52H44N2O2P2.Pd/c55-51(49-43-29-15-13-19-37(43)33-35-47(49)57(39-21-5-1-6-22-39)40-23-7-2-8-24-40)53-45-31-17-18-32-46(45)54-52(56)50-44-30-16-14-20-38(44)34-36-48(50)58(41-25-9-3-10-26-41)42-27-11-4-12-28-42;/h1-16,19-30,33-36,45-46H,17-18,31-32H2,(H,53,55)(H,54,56);/p+2/t45-,46-;/m1./s1. The van der Waals surface area contributed by atoms with Crippen LogP contribution in [0.3, 0.4) is 0 Å². The van der Waals surface area contributed by atoms with Crippen molar-refractivity contribution in [3.05, 3.63) is 205 Å². The molecule has 0 bridgehead atoms. The summed E-state index contributed by atoms with van der Waals surface area (Å²) in [5.74, 6) is -0.173. The van der Waals surface area contributed by atoms with Crippen molar-refractivity contribution in [1.82, 2.24) is 10.6 Å². The van der Waals surface area contributed by atoms with Gasteiger partial charge in [0.15, 0.2) is 0 Å². The zero-order valence-corrected chi connectivity index (χ0v) is 36.1. The molecular formula is C52H46N2O2P2Pd+2. The quantitative estimate of drug-likeness (QED) is 0.107. The smallest absolute Gasteiger partial charge is 0.256 e. The van der Waals surface area contributed by atoms with Crippen LogP contribution < -0.4 is 42.5 Å². The summed E-state index contributed by atoms with van der Waals surface area (Å²) in [6.07, 6.45) is 3.55. The second-order valence-corrected chi connectivity index (χ2v) is 20.0. The van der Waals surface area contributed by atoms with Gasteiger partial charge in [0.2, 0.25) is 0 Å². The minimum absolute atomic E-state index is 0. The molecule has 2 N–H and O–H groups in total. The van der Waals surface area contributed by atoms with Gasteiger partial charge in [-0.25, -0.2) is 0 Å². The van der Waals surface area contributed by atoms with Gasteiger partial charge in [-0.05, 0) is 95.1 Å². The zero-order valence-electron chi connectivity index (χ0n) is 32.6. The molecule has 1 saturated carbocycles. The Morgan fingerprint density at radius 2 is 0.695 bits per heavy atom. The number of hydrogen-bond acceptors (Lipinski definition) is 2. The molecule has 1 aliphatic carbocycles. The van der Waals surface area contributed by atoms with Gasteiger partial charge in [-0.2, -0.15) is 0 Å². The van der Waals surface area contributed by atoms with E-state index < -0.39 is 15.8 Å². The molecule has 8 aromatic rings. The molecule has 2 atom stereocenters. The summed E-state index contributed by atoms with van der Waals surface area (Å²) >= 11 is 0. The van der Waals surface area contributed by atoms with E-state index in [4.69, 9.17) is 0 Å². The Morgan fingerprint density at radius 3 is 1.03 bits per heavy atom. The fourth-order valence-electron chi connectivity index (χ4n) is 8.78. The molecule has 1 fully saturated rings. The van der Waals surface area contributed by atoms with Gasteiger partial charge in [0, 0.05) is 32.5 Å². The maximum atomic E-state index is 15.0. The molecule has 9 rings (SSSR count). The van der Waals surface area contributed by atoms with Crippen LogP contribution in [-0.4, -0.2) is 23.9 Å². The van der Waals surface area contributed by atoms with Gasteiger partial charge in [0.1, 0.15) is 31.8 Å². The third-order valence-corrected chi connectivity index (χ3v) is 17.1. The number of rotatable bonds is 10. The van der Waals surface area contributed by atoms with E-state index in [1.54, 1.807) is 0 Å². The van der Waals surface area contributed by atoms with Crippen LogP contribution in [0.1, 0.15) is 46.4 Å². The van der Waals surface area contributed by atoms with Crippen molar-refractivity contribution < 1.29 is 30.0 Å². The van der Waals surface area contributed by atoms with Crippen LogP contribution in [0, 0.1) is 0 Å². The second kappa shape index (κ2) is 18.8. The minimum atomic E-state index is -1.56. The third kappa shape index (κ3) is 8.59. The van der Waals surface area contributed by atoms with Crippen molar-refractivity contribution in [1.29, 1.82) is 0 Å². The number of carbonyl (C=O) groups is 2. The Kier molecular flexibility index (Phi) is 12.9. The van der Waals surface area contributed by atoms with Crippen molar-refractivity contribution in [2.24, 2.45) is 0 Å². The normalized spacial score (nSPS) is 15.2. The summed E-state index contributed by atoms with van der Waals surface area (Å²) in [5.41, 5.74) is 1.45. The molecule has 4 nitrogen and oxygen atoms in total. The first kappa shape index (κ1) is 40.5. The molecule has 1 aliphatic rings. The first-order chi connectivity index (χ1) is 28.6. The van der Waals surface area contributed by atoms with Gasteiger partial charge in [-0.15, -0.1) is 0 Å². The van der Waals surface area contributed by atoms with Crippen molar-refractivity contribution in [2.75, 3.05) is 0 Å². The van der Waals surface area contributed by atoms with Crippen LogP contribution in [0.2, 0.25) is 0 Å². The van der Waals surface area contributed by atoms with Crippen LogP contribution in [0.4, 0.5) is 0 Å². The molecule has 2 amide bonds. The molecule has 0 unspecified atom stereocenters. The molecule has 0 saturated heterocycles. The molecule has 294 valence electrons. The summed E-state index contributed by atoms with van der Waals surface area (Å²) in [5, 5.41) is 18.0. The number of amides is 2. The van der Waals surface area contributed by atoms with Crippen molar-refractivity contribution in [3.8, 4) is 0 Å². The predicted octanol–water partition coefficient (Wildman–Crippen LogP) is 8.44. The summed E-state index contributed by atoms with van der Waals surface area (Å²) in [6.45, 7) is 0. The van der Waals surface area contributed by atoms with Crippen LogP contribution in [0.5, 0.6) is 0 Å². The number of carbonyl (C=O) groups excluding carboxylic acids is 2. The van der Waals surface area contributed by atoms with E-state index in [1.807, 2.05) is 48.5 Å². The number of hydrogen-bond donors (Lipinski definition) is 2. The molecule has 59 heavy (non-hydrogen) atoms. The molecule has 8 aromatic carbocycles. The SMILES string of the molecule is O=C(N[C@@H]1CCCC[C@H]1NC(=O)c1c([PH+](c2ccccc2)c2ccccc2)ccc2ccccc12)c1c([PH+](c2ccccc2)c2ccccc2)ccc2ccccc12.[Pd].